The Labute approximate surface area is 165 Å². The second-order valence-electron chi connectivity index (χ2n) is 7.67. The van der Waals surface area contributed by atoms with E-state index in [2.05, 4.69) is 15.2 Å². The number of hydrogen-bond acceptors (Lipinski definition) is 3. The molecule has 1 aromatic carbocycles. The number of anilines is 1. The third-order valence-corrected chi connectivity index (χ3v) is 5.57. The van der Waals surface area contributed by atoms with Gasteiger partial charge in [-0.25, -0.2) is 9.37 Å². The fraction of sp³-hybridized carbons (Fsp3) is 0.429. The number of alkyl halides is 3. The van der Waals surface area contributed by atoms with Crippen molar-refractivity contribution in [3.8, 4) is 0 Å². The van der Waals surface area contributed by atoms with Gasteiger partial charge in [0.1, 0.15) is 11.6 Å². The number of halogens is 4. The minimum Gasteiger partial charge on any atom is -0.356 e. The quantitative estimate of drug-likeness (QED) is 0.783. The number of nitrogens with zero attached hydrogens (tertiary/aromatic N) is 2. The highest BCUT2D eigenvalue weighted by Gasteiger charge is 2.32. The summed E-state index contributed by atoms with van der Waals surface area (Å²) in [6.07, 6.45) is -0.168. The summed E-state index contributed by atoms with van der Waals surface area (Å²) in [5, 5.41) is 2.82. The maximum atomic E-state index is 13.7. The summed E-state index contributed by atoms with van der Waals surface area (Å²) in [5.41, 5.74) is 0.946. The Morgan fingerprint density at radius 3 is 2.86 bits per heavy atom. The van der Waals surface area contributed by atoms with Crippen molar-refractivity contribution in [2.24, 2.45) is 5.92 Å². The van der Waals surface area contributed by atoms with E-state index >= 15 is 0 Å². The molecule has 29 heavy (non-hydrogen) atoms. The van der Waals surface area contributed by atoms with Crippen molar-refractivity contribution in [2.45, 2.75) is 31.9 Å². The number of carbonyl (C=O) groups is 1. The normalized spacial score (nSPS) is 19.7. The molecular weight excluding hydrogens is 386 g/mol. The van der Waals surface area contributed by atoms with Gasteiger partial charge in [-0.15, -0.1) is 0 Å². The fourth-order valence-electron chi connectivity index (χ4n) is 4.30. The molecule has 0 aliphatic carbocycles. The Bertz CT molecular complexity index is 929. The summed E-state index contributed by atoms with van der Waals surface area (Å²) in [6.45, 7) is 1.95. The van der Waals surface area contributed by atoms with Gasteiger partial charge in [0.05, 0.1) is 5.56 Å². The highest BCUT2D eigenvalue weighted by Crippen LogP contribution is 2.33. The second kappa shape index (κ2) is 7.65. The van der Waals surface area contributed by atoms with Crippen LogP contribution in [0.2, 0.25) is 0 Å². The lowest BCUT2D eigenvalue weighted by atomic mass is 9.90. The molecule has 1 saturated heterocycles. The van der Waals surface area contributed by atoms with E-state index in [1.54, 1.807) is 12.3 Å². The summed E-state index contributed by atoms with van der Waals surface area (Å²) >= 11 is 0. The van der Waals surface area contributed by atoms with E-state index in [-0.39, 0.29) is 11.8 Å². The Morgan fingerprint density at radius 2 is 2.07 bits per heavy atom. The topological polar surface area (TPSA) is 45.2 Å². The predicted octanol–water partition coefficient (Wildman–Crippen LogP) is 3.98. The number of aromatic nitrogens is 1. The van der Waals surface area contributed by atoms with Crippen LogP contribution >= 0.6 is 0 Å². The van der Waals surface area contributed by atoms with Gasteiger partial charge in [0.15, 0.2) is 0 Å². The molecule has 2 aliphatic rings. The van der Waals surface area contributed by atoms with Crippen molar-refractivity contribution >= 4 is 11.7 Å². The zero-order valence-electron chi connectivity index (χ0n) is 15.7. The minimum atomic E-state index is -4.57. The molecule has 4 nitrogen and oxygen atoms in total. The van der Waals surface area contributed by atoms with Gasteiger partial charge in [-0.1, -0.05) is 0 Å². The maximum Gasteiger partial charge on any atom is 0.416 e. The number of benzene rings is 1. The van der Waals surface area contributed by atoms with Crippen LogP contribution in [0.1, 0.15) is 39.9 Å². The van der Waals surface area contributed by atoms with Gasteiger partial charge >= 0.3 is 6.18 Å². The van der Waals surface area contributed by atoms with Gasteiger partial charge in [-0.2, -0.15) is 13.2 Å². The monoisotopic (exact) mass is 407 g/mol. The molecule has 1 fully saturated rings. The van der Waals surface area contributed by atoms with Gasteiger partial charge < -0.3 is 10.2 Å². The van der Waals surface area contributed by atoms with Crippen LogP contribution < -0.4 is 10.2 Å². The number of hydrogen-bond donors (Lipinski definition) is 1. The lowest BCUT2D eigenvalue weighted by Crippen LogP contribution is -2.39. The van der Waals surface area contributed by atoms with Crippen LogP contribution in [0.4, 0.5) is 23.4 Å². The van der Waals surface area contributed by atoms with Gasteiger partial charge in [0, 0.05) is 37.0 Å². The molecule has 3 heterocycles. The Morgan fingerprint density at radius 1 is 1.24 bits per heavy atom. The molecule has 0 saturated carbocycles. The van der Waals surface area contributed by atoms with Gasteiger partial charge in [-0.3, -0.25) is 4.79 Å². The van der Waals surface area contributed by atoms with Crippen LogP contribution in [0.5, 0.6) is 0 Å². The number of rotatable bonds is 3. The molecule has 0 spiro atoms. The predicted molar refractivity (Wildman–Crippen MR) is 100 cm³/mol. The number of fused-ring (bicyclic) bond motifs is 1. The molecule has 1 unspecified atom stereocenters. The molecule has 2 aliphatic heterocycles. The van der Waals surface area contributed by atoms with Crippen molar-refractivity contribution in [1.29, 1.82) is 0 Å². The number of carbonyl (C=O) groups excluding carboxylic acids is 1. The van der Waals surface area contributed by atoms with Crippen LogP contribution in [0.3, 0.4) is 0 Å². The first-order valence-electron chi connectivity index (χ1n) is 9.69. The maximum absolute atomic E-state index is 13.7. The van der Waals surface area contributed by atoms with E-state index in [1.165, 1.54) is 6.07 Å². The first-order chi connectivity index (χ1) is 13.8. The van der Waals surface area contributed by atoms with Crippen molar-refractivity contribution < 1.29 is 22.4 Å². The smallest absolute Gasteiger partial charge is 0.356 e. The molecule has 1 atom stereocenters. The summed E-state index contributed by atoms with van der Waals surface area (Å²) in [5.74, 6) is -0.117. The van der Waals surface area contributed by atoms with Crippen molar-refractivity contribution in [1.82, 2.24) is 10.3 Å². The number of piperidine rings is 1. The molecule has 0 bridgehead atoms. The molecule has 1 amide bonds. The zero-order chi connectivity index (χ0) is 20.6. The number of nitrogens with one attached hydrogen (secondary N) is 1. The molecule has 154 valence electrons. The minimum absolute atomic E-state index is 0.0849. The van der Waals surface area contributed by atoms with E-state index in [1.807, 2.05) is 0 Å². The highest BCUT2D eigenvalue weighted by atomic mass is 19.4. The molecule has 8 heteroatoms. The Balaban J connectivity index is 1.54. The third kappa shape index (κ3) is 4.21. The number of amides is 1. The van der Waals surface area contributed by atoms with E-state index in [0.29, 0.717) is 43.1 Å². The summed E-state index contributed by atoms with van der Waals surface area (Å²) < 4.78 is 52.7. The summed E-state index contributed by atoms with van der Waals surface area (Å²) in [7, 11) is 0. The average Bonchev–Trinajstić information content (AvgIpc) is 2.67. The van der Waals surface area contributed by atoms with Crippen molar-refractivity contribution in [2.75, 3.05) is 24.5 Å². The molecule has 2 aromatic rings. The highest BCUT2D eigenvalue weighted by molar-refractivity contribution is 5.97. The lowest BCUT2D eigenvalue weighted by Gasteiger charge is -2.35. The lowest BCUT2D eigenvalue weighted by molar-refractivity contribution is -0.137. The first kappa shape index (κ1) is 19.7. The second-order valence-corrected chi connectivity index (χ2v) is 7.67. The van der Waals surface area contributed by atoms with Crippen LogP contribution in [-0.4, -0.2) is 30.5 Å². The van der Waals surface area contributed by atoms with Crippen molar-refractivity contribution in [3.63, 3.8) is 0 Å². The third-order valence-electron chi connectivity index (χ3n) is 5.57. The van der Waals surface area contributed by atoms with Crippen molar-refractivity contribution in [3.05, 3.63) is 58.5 Å². The first-order valence-corrected chi connectivity index (χ1v) is 9.69. The van der Waals surface area contributed by atoms with E-state index in [4.69, 9.17) is 0 Å². The molecule has 1 N–H and O–H groups in total. The molecule has 1 aromatic heterocycles. The standard InChI is InChI=1S/C21H21F4N3O/c22-16-10-14(9-15(11-16)21(23,24)25)8-13-2-1-7-28(12-13)19-17-3-6-27-20(29)18(17)4-5-26-19/h4-5,9-11,13H,1-3,6-8,12H2,(H,27,29). The SMILES string of the molecule is O=C1NCCc2c1ccnc2N1CCCC(Cc2cc(F)cc(C(F)(F)F)c2)C1. The molecule has 4 rings (SSSR count). The fourth-order valence-corrected chi connectivity index (χ4v) is 4.30. The Kier molecular flexibility index (Phi) is 5.19. The average molecular weight is 407 g/mol. The van der Waals surface area contributed by atoms with E-state index in [0.717, 1.165) is 36.8 Å². The van der Waals surface area contributed by atoms with Gasteiger partial charge in [-0.05, 0) is 61.4 Å². The van der Waals surface area contributed by atoms with Crippen LogP contribution in [0.25, 0.3) is 0 Å². The molecular formula is C21H21F4N3O. The largest absolute Gasteiger partial charge is 0.416 e. The van der Waals surface area contributed by atoms with Crippen LogP contribution in [0.15, 0.2) is 30.5 Å². The van der Waals surface area contributed by atoms with Gasteiger partial charge in [0.2, 0.25) is 0 Å². The van der Waals surface area contributed by atoms with E-state index in [9.17, 15) is 22.4 Å². The summed E-state index contributed by atoms with van der Waals surface area (Å²) in [6, 6.07) is 4.46. The van der Waals surface area contributed by atoms with Crippen LogP contribution in [-0.2, 0) is 19.0 Å². The van der Waals surface area contributed by atoms with Gasteiger partial charge in [0.25, 0.3) is 5.91 Å². The van der Waals surface area contributed by atoms with E-state index < -0.39 is 17.6 Å². The zero-order valence-corrected chi connectivity index (χ0v) is 15.7. The van der Waals surface area contributed by atoms with Crippen LogP contribution in [0, 0.1) is 11.7 Å². The summed E-state index contributed by atoms with van der Waals surface area (Å²) in [4.78, 5) is 18.7. The Hall–Kier alpha value is -2.64. The molecule has 0 radical (unpaired) electrons. The number of pyridine rings is 1.